The smallest absolute Gasteiger partial charge is 0.271 e. The number of nitrogens with one attached hydrogen (secondary N) is 2. The van der Waals surface area contributed by atoms with Crippen LogP contribution in [-0.4, -0.2) is 43.0 Å². The van der Waals surface area contributed by atoms with E-state index in [4.69, 9.17) is 4.74 Å². The first-order valence-corrected chi connectivity index (χ1v) is 10.7. The van der Waals surface area contributed by atoms with Crippen molar-refractivity contribution in [3.8, 4) is 5.69 Å². The number of hydrazone groups is 1. The minimum Gasteiger partial charge on any atom is -0.370 e. The monoisotopic (exact) mass is 417 g/mol. The highest BCUT2D eigenvalue weighted by Crippen LogP contribution is 2.19. The SMILES string of the molecule is Cc1cc(/C=N\NC(=O)c2ccc(C[NH+]3CCOCC3)cc2)c(C)n1-c1ccccc1. The number of benzene rings is 2. The Balaban J connectivity index is 1.37. The largest absolute Gasteiger partial charge is 0.370 e. The fourth-order valence-electron chi connectivity index (χ4n) is 4.02. The molecule has 160 valence electrons. The molecule has 6 heteroatoms. The molecule has 1 aromatic heterocycles. The zero-order valence-electron chi connectivity index (χ0n) is 18.1. The predicted octanol–water partition coefficient (Wildman–Crippen LogP) is 2.27. The second-order valence-corrected chi connectivity index (χ2v) is 7.93. The van der Waals surface area contributed by atoms with Gasteiger partial charge in [-0.1, -0.05) is 30.3 Å². The Kier molecular flexibility index (Phi) is 6.60. The fourth-order valence-corrected chi connectivity index (χ4v) is 4.02. The molecular weight excluding hydrogens is 388 g/mol. The number of aryl methyl sites for hydroxylation is 1. The van der Waals surface area contributed by atoms with E-state index in [1.807, 2.05) is 42.5 Å². The van der Waals surface area contributed by atoms with Crippen molar-refractivity contribution in [1.82, 2.24) is 9.99 Å². The molecule has 2 heterocycles. The molecule has 0 radical (unpaired) electrons. The summed E-state index contributed by atoms with van der Waals surface area (Å²) < 4.78 is 7.59. The Labute approximate surface area is 183 Å². The van der Waals surface area contributed by atoms with Gasteiger partial charge in [0.2, 0.25) is 0 Å². The molecule has 4 rings (SSSR count). The van der Waals surface area contributed by atoms with Crippen LogP contribution in [0.5, 0.6) is 0 Å². The van der Waals surface area contributed by atoms with Crippen molar-refractivity contribution in [3.05, 3.63) is 88.7 Å². The second-order valence-electron chi connectivity index (χ2n) is 7.93. The normalized spacial score (nSPS) is 14.8. The zero-order chi connectivity index (χ0) is 21.6. The maximum absolute atomic E-state index is 12.5. The molecule has 1 fully saturated rings. The zero-order valence-corrected chi connectivity index (χ0v) is 18.1. The summed E-state index contributed by atoms with van der Waals surface area (Å²) in [5.74, 6) is -0.210. The number of morpholine rings is 1. The molecule has 0 atom stereocenters. The highest BCUT2D eigenvalue weighted by atomic mass is 16.5. The number of ether oxygens (including phenoxy) is 1. The maximum Gasteiger partial charge on any atom is 0.271 e. The summed E-state index contributed by atoms with van der Waals surface area (Å²) in [6, 6.07) is 20.0. The van der Waals surface area contributed by atoms with Crippen LogP contribution < -0.4 is 10.3 Å². The van der Waals surface area contributed by atoms with Crippen LogP contribution in [0.3, 0.4) is 0 Å². The van der Waals surface area contributed by atoms with Crippen molar-refractivity contribution < 1.29 is 14.4 Å². The molecular formula is C25H29N4O2+. The van der Waals surface area contributed by atoms with E-state index in [1.165, 1.54) is 10.5 Å². The number of nitrogens with zero attached hydrogens (tertiary/aromatic N) is 2. The number of amides is 1. The van der Waals surface area contributed by atoms with Crippen LogP contribution in [0.15, 0.2) is 65.8 Å². The molecule has 0 aliphatic carbocycles. The Morgan fingerprint density at radius 2 is 1.81 bits per heavy atom. The lowest BCUT2D eigenvalue weighted by Gasteiger charge is -2.23. The van der Waals surface area contributed by atoms with Gasteiger partial charge in [-0.15, -0.1) is 0 Å². The van der Waals surface area contributed by atoms with E-state index in [-0.39, 0.29) is 5.91 Å². The van der Waals surface area contributed by atoms with Gasteiger partial charge in [0.05, 0.1) is 19.4 Å². The van der Waals surface area contributed by atoms with E-state index in [9.17, 15) is 4.79 Å². The number of rotatable bonds is 6. The van der Waals surface area contributed by atoms with Gasteiger partial charge in [-0.2, -0.15) is 5.10 Å². The first-order valence-electron chi connectivity index (χ1n) is 10.7. The van der Waals surface area contributed by atoms with Crippen LogP contribution in [0.4, 0.5) is 0 Å². The van der Waals surface area contributed by atoms with E-state index in [0.29, 0.717) is 5.56 Å². The second kappa shape index (κ2) is 9.73. The summed E-state index contributed by atoms with van der Waals surface area (Å²) in [4.78, 5) is 14.0. The van der Waals surface area contributed by atoms with Gasteiger partial charge in [-0.05, 0) is 44.2 Å². The molecule has 0 spiro atoms. The number of carbonyl (C=O) groups is 1. The van der Waals surface area contributed by atoms with E-state index in [2.05, 4.69) is 47.1 Å². The van der Waals surface area contributed by atoms with Crippen LogP contribution in [0.25, 0.3) is 5.69 Å². The van der Waals surface area contributed by atoms with Crippen molar-refractivity contribution in [2.75, 3.05) is 26.3 Å². The Morgan fingerprint density at radius 1 is 1.10 bits per heavy atom. The molecule has 6 nitrogen and oxygen atoms in total. The highest BCUT2D eigenvalue weighted by molar-refractivity contribution is 5.95. The van der Waals surface area contributed by atoms with Crippen LogP contribution >= 0.6 is 0 Å². The van der Waals surface area contributed by atoms with Gasteiger partial charge in [0.1, 0.15) is 19.6 Å². The highest BCUT2D eigenvalue weighted by Gasteiger charge is 2.14. The quantitative estimate of drug-likeness (QED) is 0.478. The average molecular weight is 418 g/mol. The Morgan fingerprint density at radius 3 is 2.52 bits per heavy atom. The van der Waals surface area contributed by atoms with Crippen molar-refractivity contribution in [1.29, 1.82) is 0 Å². The van der Waals surface area contributed by atoms with Gasteiger partial charge in [0, 0.05) is 33.8 Å². The molecule has 2 aromatic carbocycles. The standard InChI is InChI=1S/C25H28N4O2/c1-19-16-23(20(2)29(19)24-6-4-3-5-7-24)17-26-27-25(30)22-10-8-21(9-11-22)18-28-12-14-31-15-13-28/h3-11,16-17H,12-15,18H2,1-2H3,(H,27,30)/p+1/b26-17-. The minimum atomic E-state index is -0.210. The number of aromatic nitrogens is 1. The number of hydrogen-bond donors (Lipinski definition) is 2. The van der Waals surface area contributed by atoms with Gasteiger partial charge in [-0.3, -0.25) is 4.79 Å². The maximum atomic E-state index is 12.5. The first kappa shape index (κ1) is 21.0. The van der Waals surface area contributed by atoms with Crippen molar-refractivity contribution in [3.63, 3.8) is 0 Å². The fraction of sp³-hybridized carbons (Fsp3) is 0.280. The van der Waals surface area contributed by atoms with Crippen molar-refractivity contribution in [2.24, 2.45) is 5.10 Å². The lowest BCUT2D eigenvalue weighted by atomic mass is 10.1. The van der Waals surface area contributed by atoms with E-state index in [0.717, 1.165) is 55.5 Å². The van der Waals surface area contributed by atoms with Crippen LogP contribution in [0, 0.1) is 13.8 Å². The molecule has 1 saturated heterocycles. The third kappa shape index (κ3) is 5.10. The van der Waals surface area contributed by atoms with E-state index >= 15 is 0 Å². The summed E-state index contributed by atoms with van der Waals surface area (Å²) in [6.45, 7) is 8.78. The molecule has 0 unspecified atom stereocenters. The molecule has 1 aliphatic rings. The summed E-state index contributed by atoms with van der Waals surface area (Å²) in [7, 11) is 0. The van der Waals surface area contributed by atoms with Crippen LogP contribution in [0.1, 0.15) is 32.9 Å². The lowest BCUT2D eigenvalue weighted by molar-refractivity contribution is -0.921. The number of carbonyl (C=O) groups excluding carboxylic acids is 1. The number of hydrogen-bond acceptors (Lipinski definition) is 3. The molecule has 3 aromatic rings. The third-order valence-corrected chi connectivity index (χ3v) is 5.72. The van der Waals surface area contributed by atoms with Crippen molar-refractivity contribution in [2.45, 2.75) is 20.4 Å². The van der Waals surface area contributed by atoms with Crippen molar-refractivity contribution >= 4 is 12.1 Å². The van der Waals surface area contributed by atoms with Gasteiger partial charge >= 0.3 is 0 Å². The summed E-state index contributed by atoms with van der Waals surface area (Å²) in [5, 5.41) is 4.19. The molecule has 0 bridgehead atoms. The summed E-state index contributed by atoms with van der Waals surface area (Å²) in [6.07, 6.45) is 1.70. The molecule has 31 heavy (non-hydrogen) atoms. The number of quaternary nitrogens is 1. The van der Waals surface area contributed by atoms with Gasteiger partial charge in [0.25, 0.3) is 5.91 Å². The lowest BCUT2D eigenvalue weighted by Crippen LogP contribution is -3.12. The van der Waals surface area contributed by atoms with Crippen LogP contribution in [0.2, 0.25) is 0 Å². The molecule has 0 saturated carbocycles. The minimum absolute atomic E-state index is 0.210. The van der Waals surface area contributed by atoms with Gasteiger partial charge < -0.3 is 14.2 Å². The molecule has 1 amide bonds. The van der Waals surface area contributed by atoms with E-state index < -0.39 is 0 Å². The summed E-state index contributed by atoms with van der Waals surface area (Å²) in [5.41, 5.74) is 8.76. The number of para-hydroxylation sites is 1. The topological polar surface area (TPSA) is 60.1 Å². The first-order chi connectivity index (χ1) is 15.1. The Hall–Kier alpha value is -3.22. The van der Waals surface area contributed by atoms with E-state index in [1.54, 1.807) is 6.21 Å². The van der Waals surface area contributed by atoms with Crippen LogP contribution in [-0.2, 0) is 11.3 Å². The average Bonchev–Trinajstić information content (AvgIpc) is 3.08. The molecule has 1 aliphatic heterocycles. The third-order valence-electron chi connectivity index (χ3n) is 5.72. The summed E-state index contributed by atoms with van der Waals surface area (Å²) >= 11 is 0. The Bertz CT molecular complexity index is 1050. The predicted molar refractivity (Wildman–Crippen MR) is 122 cm³/mol. The van der Waals surface area contributed by atoms with Gasteiger partial charge in [0.15, 0.2) is 0 Å². The molecule has 2 N–H and O–H groups in total. The van der Waals surface area contributed by atoms with Gasteiger partial charge in [-0.25, -0.2) is 5.43 Å².